The van der Waals surface area contributed by atoms with Gasteiger partial charge in [0.2, 0.25) is 5.91 Å². The molecule has 96 valence electrons. The van der Waals surface area contributed by atoms with E-state index >= 15 is 0 Å². The minimum absolute atomic E-state index is 0.0995. The van der Waals surface area contributed by atoms with Gasteiger partial charge in [0.1, 0.15) is 0 Å². The van der Waals surface area contributed by atoms with E-state index in [-0.39, 0.29) is 5.91 Å². The fourth-order valence-corrected chi connectivity index (χ4v) is 1.75. The molecule has 1 aromatic rings. The number of rotatable bonds is 7. The second kappa shape index (κ2) is 7.06. The second-order valence-corrected chi connectivity index (χ2v) is 4.08. The molecule has 5 nitrogen and oxygen atoms in total. The number of hydrogen-bond acceptors (Lipinski definition) is 3. The highest BCUT2D eigenvalue weighted by atomic mass is 16.1. The van der Waals surface area contributed by atoms with Gasteiger partial charge < -0.3 is 10.6 Å². The minimum Gasteiger partial charge on any atom is -0.359 e. The first kappa shape index (κ1) is 13.7. The SMILES string of the molecule is CCc1nn(C)cc1CNCCCC(=O)NC. The van der Waals surface area contributed by atoms with Gasteiger partial charge in [0.05, 0.1) is 5.69 Å². The summed E-state index contributed by atoms with van der Waals surface area (Å²) in [6, 6.07) is 0. The van der Waals surface area contributed by atoms with Gasteiger partial charge in [-0.3, -0.25) is 9.48 Å². The lowest BCUT2D eigenvalue weighted by Crippen LogP contribution is -2.21. The standard InChI is InChI=1S/C12H22N4O/c1-4-11-10(9-16(3)15-11)8-14-7-5-6-12(17)13-2/h9,14H,4-8H2,1-3H3,(H,13,17). The molecule has 0 spiro atoms. The Kier molecular flexibility index (Phi) is 5.69. The van der Waals surface area contributed by atoms with Crippen molar-refractivity contribution in [3.8, 4) is 0 Å². The summed E-state index contributed by atoms with van der Waals surface area (Å²) in [7, 11) is 3.60. The normalized spacial score (nSPS) is 10.5. The average Bonchev–Trinajstić information content (AvgIpc) is 2.69. The molecular formula is C12H22N4O. The van der Waals surface area contributed by atoms with Gasteiger partial charge in [-0.15, -0.1) is 0 Å². The first-order valence-corrected chi connectivity index (χ1v) is 6.10. The summed E-state index contributed by atoms with van der Waals surface area (Å²) in [5.74, 6) is 0.0995. The largest absolute Gasteiger partial charge is 0.359 e. The number of nitrogens with one attached hydrogen (secondary N) is 2. The van der Waals surface area contributed by atoms with Crippen LogP contribution < -0.4 is 10.6 Å². The molecule has 17 heavy (non-hydrogen) atoms. The summed E-state index contributed by atoms with van der Waals surface area (Å²) in [5.41, 5.74) is 2.39. The van der Waals surface area contributed by atoms with Gasteiger partial charge in [-0.1, -0.05) is 6.92 Å². The molecule has 0 fully saturated rings. The van der Waals surface area contributed by atoms with Gasteiger partial charge in [-0.2, -0.15) is 5.10 Å². The lowest BCUT2D eigenvalue weighted by molar-refractivity contribution is -0.120. The molecule has 0 atom stereocenters. The molecule has 1 heterocycles. The van der Waals surface area contributed by atoms with Gasteiger partial charge >= 0.3 is 0 Å². The number of aromatic nitrogens is 2. The molecule has 1 rings (SSSR count). The Hall–Kier alpha value is -1.36. The molecule has 0 radical (unpaired) electrons. The third-order valence-corrected chi connectivity index (χ3v) is 2.68. The lowest BCUT2D eigenvalue weighted by atomic mass is 10.2. The van der Waals surface area contributed by atoms with E-state index in [1.54, 1.807) is 7.05 Å². The number of carbonyl (C=O) groups is 1. The number of amides is 1. The molecule has 0 unspecified atom stereocenters. The van der Waals surface area contributed by atoms with Crippen LogP contribution in [0.2, 0.25) is 0 Å². The first-order chi connectivity index (χ1) is 8.17. The van der Waals surface area contributed by atoms with Gasteiger partial charge in [0, 0.05) is 38.8 Å². The van der Waals surface area contributed by atoms with Crippen LogP contribution in [-0.2, 0) is 24.8 Å². The molecule has 0 aliphatic rings. The zero-order valence-corrected chi connectivity index (χ0v) is 10.9. The number of aryl methyl sites for hydroxylation is 2. The Morgan fingerprint density at radius 3 is 2.94 bits per heavy atom. The maximum Gasteiger partial charge on any atom is 0.219 e. The molecular weight excluding hydrogens is 216 g/mol. The fourth-order valence-electron chi connectivity index (χ4n) is 1.75. The Morgan fingerprint density at radius 2 is 2.29 bits per heavy atom. The maximum absolute atomic E-state index is 11.0. The van der Waals surface area contributed by atoms with E-state index in [0.717, 1.165) is 31.6 Å². The molecule has 1 aromatic heterocycles. The number of nitrogens with zero attached hydrogens (tertiary/aromatic N) is 2. The smallest absolute Gasteiger partial charge is 0.219 e. The van der Waals surface area contributed by atoms with Crippen molar-refractivity contribution in [2.75, 3.05) is 13.6 Å². The summed E-state index contributed by atoms with van der Waals surface area (Å²) in [6.45, 7) is 3.79. The van der Waals surface area contributed by atoms with E-state index in [2.05, 4.69) is 22.7 Å². The topological polar surface area (TPSA) is 59.0 Å². The predicted octanol–water partition coefficient (Wildman–Crippen LogP) is 0.598. The van der Waals surface area contributed by atoms with E-state index in [0.29, 0.717) is 6.42 Å². The second-order valence-electron chi connectivity index (χ2n) is 4.08. The van der Waals surface area contributed by atoms with Crippen LogP contribution in [0.1, 0.15) is 31.0 Å². The highest BCUT2D eigenvalue weighted by molar-refractivity contribution is 5.75. The van der Waals surface area contributed by atoms with Crippen molar-refractivity contribution in [2.24, 2.45) is 7.05 Å². The molecule has 5 heteroatoms. The Balaban J connectivity index is 2.24. The van der Waals surface area contributed by atoms with Gasteiger partial charge in [-0.05, 0) is 19.4 Å². The van der Waals surface area contributed by atoms with Crippen LogP contribution in [0.4, 0.5) is 0 Å². The van der Waals surface area contributed by atoms with Crippen LogP contribution in [-0.4, -0.2) is 29.3 Å². The fraction of sp³-hybridized carbons (Fsp3) is 0.667. The van der Waals surface area contributed by atoms with Crippen molar-refractivity contribution >= 4 is 5.91 Å². The molecule has 2 N–H and O–H groups in total. The van der Waals surface area contributed by atoms with E-state index in [9.17, 15) is 4.79 Å². The van der Waals surface area contributed by atoms with Gasteiger partial charge in [-0.25, -0.2) is 0 Å². The van der Waals surface area contributed by atoms with Crippen molar-refractivity contribution in [3.05, 3.63) is 17.5 Å². The maximum atomic E-state index is 11.0. The molecule has 0 aromatic carbocycles. The monoisotopic (exact) mass is 238 g/mol. The molecule has 0 saturated heterocycles. The molecule has 1 amide bonds. The summed E-state index contributed by atoms with van der Waals surface area (Å²) in [6.07, 6.45) is 4.44. The number of hydrogen-bond donors (Lipinski definition) is 2. The number of carbonyl (C=O) groups excluding carboxylic acids is 1. The van der Waals surface area contributed by atoms with Crippen molar-refractivity contribution in [1.82, 2.24) is 20.4 Å². The van der Waals surface area contributed by atoms with Crippen LogP contribution in [0, 0.1) is 0 Å². The average molecular weight is 238 g/mol. The van der Waals surface area contributed by atoms with Gasteiger partial charge in [0.15, 0.2) is 0 Å². The molecule has 0 aliphatic carbocycles. The van der Waals surface area contributed by atoms with Crippen LogP contribution >= 0.6 is 0 Å². The summed E-state index contributed by atoms with van der Waals surface area (Å²) in [5, 5.41) is 10.3. The van der Waals surface area contributed by atoms with E-state index in [1.165, 1.54) is 5.56 Å². The van der Waals surface area contributed by atoms with Crippen LogP contribution in [0.25, 0.3) is 0 Å². The predicted molar refractivity (Wildman–Crippen MR) is 67.6 cm³/mol. The summed E-state index contributed by atoms with van der Waals surface area (Å²) < 4.78 is 1.85. The highest BCUT2D eigenvalue weighted by Crippen LogP contribution is 2.06. The molecule has 0 saturated carbocycles. The summed E-state index contributed by atoms with van der Waals surface area (Å²) >= 11 is 0. The van der Waals surface area contributed by atoms with Crippen LogP contribution in [0.5, 0.6) is 0 Å². The summed E-state index contributed by atoms with van der Waals surface area (Å²) in [4.78, 5) is 11.0. The van der Waals surface area contributed by atoms with Crippen molar-refractivity contribution < 1.29 is 4.79 Å². The Labute approximate surface area is 103 Å². The Bertz CT molecular complexity index is 359. The quantitative estimate of drug-likeness (QED) is 0.684. The van der Waals surface area contributed by atoms with E-state index < -0.39 is 0 Å². The van der Waals surface area contributed by atoms with E-state index in [4.69, 9.17) is 0 Å². The zero-order chi connectivity index (χ0) is 12.7. The third kappa shape index (κ3) is 4.56. The zero-order valence-electron chi connectivity index (χ0n) is 10.9. The van der Waals surface area contributed by atoms with Crippen LogP contribution in [0.3, 0.4) is 0 Å². The van der Waals surface area contributed by atoms with Crippen molar-refractivity contribution in [3.63, 3.8) is 0 Å². The van der Waals surface area contributed by atoms with Crippen molar-refractivity contribution in [2.45, 2.75) is 32.7 Å². The van der Waals surface area contributed by atoms with Crippen LogP contribution in [0.15, 0.2) is 6.20 Å². The minimum atomic E-state index is 0.0995. The van der Waals surface area contributed by atoms with E-state index in [1.807, 2.05) is 17.9 Å². The van der Waals surface area contributed by atoms with Gasteiger partial charge in [0.25, 0.3) is 0 Å². The first-order valence-electron chi connectivity index (χ1n) is 6.10. The Morgan fingerprint density at radius 1 is 1.53 bits per heavy atom. The van der Waals surface area contributed by atoms with Crippen molar-refractivity contribution in [1.29, 1.82) is 0 Å². The lowest BCUT2D eigenvalue weighted by Gasteiger charge is -2.04. The molecule has 0 aliphatic heterocycles. The third-order valence-electron chi connectivity index (χ3n) is 2.68. The molecule has 0 bridgehead atoms. The highest BCUT2D eigenvalue weighted by Gasteiger charge is 2.04.